The number of nitro benzene ring substituents is 1. The summed E-state index contributed by atoms with van der Waals surface area (Å²) in [5, 5.41) is 24.0. The molecule has 32 heavy (non-hydrogen) atoms. The van der Waals surface area contributed by atoms with Crippen LogP contribution in [-0.4, -0.2) is 54.4 Å². The van der Waals surface area contributed by atoms with Gasteiger partial charge in [0.15, 0.2) is 0 Å². The third-order valence-corrected chi connectivity index (χ3v) is 7.87. The van der Waals surface area contributed by atoms with Crippen molar-refractivity contribution in [2.24, 2.45) is 5.73 Å². The minimum atomic E-state index is -1.29. The molecule has 0 aliphatic carbocycles. The molecule has 10 nitrogen and oxygen atoms in total. The minimum Gasteiger partial charge on any atom is -0.480 e. The predicted octanol–water partition coefficient (Wildman–Crippen LogP) is 1.77. The molecule has 0 aromatic heterocycles. The molecule has 4 N–H and O–H groups in total. The van der Waals surface area contributed by atoms with Gasteiger partial charge in [0.25, 0.3) is 11.6 Å². The summed E-state index contributed by atoms with van der Waals surface area (Å²) >= 11 is 1.33. The molecule has 2 aliphatic rings. The van der Waals surface area contributed by atoms with Gasteiger partial charge in [0, 0.05) is 16.9 Å². The maximum absolute atomic E-state index is 13.0. The fraction of sp³-hybridized carbons (Fsp3) is 0.381. The SMILES string of the molecule is CC1(C)S[C@H]2N(C(=O)C2(C)NC(=O)C(N)c2cccc3cc([N+](=O)[O-])ccc23)[C@H]1C(=O)O. The quantitative estimate of drug-likeness (QED) is 0.348. The second-order valence-electron chi connectivity index (χ2n) is 8.71. The summed E-state index contributed by atoms with van der Waals surface area (Å²) in [4.78, 5) is 49.5. The molecule has 0 radical (unpaired) electrons. The van der Waals surface area contributed by atoms with Crippen LogP contribution >= 0.6 is 11.8 Å². The number of amides is 2. The molecule has 2 saturated heterocycles. The van der Waals surface area contributed by atoms with Crippen molar-refractivity contribution in [3.63, 3.8) is 0 Å². The highest BCUT2D eigenvalue weighted by atomic mass is 32.2. The normalized spacial score (nSPS) is 26.9. The van der Waals surface area contributed by atoms with E-state index in [2.05, 4.69) is 5.32 Å². The molecule has 0 bridgehead atoms. The maximum atomic E-state index is 13.0. The Hall–Kier alpha value is -3.18. The summed E-state index contributed by atoms with van der Waals surface area (Å²) in [5.41, 5.74) is 5.33. The van der Waals surface area contributed by atoms with Crippen LogP contribution in [0.15, 0.2) is 36.4 Å². The second-order valence-corrected chi connectivity index (χ2v) is 10.4. The summed E-state index contributed by atoms with van der Waals surface area (Å²) in [7, 11) is 0. The summed E-state index contributed by atoms with van der Waals surface area (Å²) in [6.45, 7) is 5.08. The van der Waals surface area contributed by atoms with Gasteiger partial charge in [-0.1, -0.05) is 18.2 Å². The summed E-state index contributed by atoms with van der Waals surface area (Å²) in [5.74, 6) is -2.15. The topological polar surface area (TPSA) is 156 Å². The number of nitrogens with two attached hydrogens (primary N) is 1. The lowest BCUT2D eigenvalue weighted by atomic mass is 9.85. The van der Waals surface area contributed by atoms with Crippen molar-refractivity contribution >= 4 is 46.0 Å². The van der Waals surface area contributed by atoms with Crippen LogP contribution < -0.4 is 11.1 Å². The van der Waals surface area contributed by atoms with Crippen LogP contribution in [0.2, 0.25) is 0 Å². The summed E-state index contributed by atoms with van der Waals surface area (Å²) in [6.07, 6.45) is 0. The van der Waals surface area contributed by atoms with Gasteiger partial charge in [-0.25, -0.2) is 4.79 Å². The van der Waals surface area contributed by atoms with Crippen molar-refractivity contribution in [2.45, 2.75) is 48.5 Å². The van der Waals surface area contributed by atoms with Crippen molar-refractivity contribution in [2.75, 3.05) is 0 Å². The molecular formula is C21H22N4O6S. The number of carbonyl (C=O) groups excluding carboxylic acids is 2. The van der Waals surface area contributed by atoms with E-state index in [1.165, 1.54) is 28.8 Å². The van der Waals surface area contributed by atoms with Crippen molar-refractivity contribution in [1.82, 2.24) is 10.2 Å². The van der Waals surface area contributed by atoms with Crippen LogP contribution in [0.1, 0.15) is 32.4 Å². The number of hydrogen-bond acceptors (Lipinski definition) is 7. The number of non-ortho nitro benzene ring substituents is 1. The molecule has 2 amide bonds. The lowest BCUT2D eigenvalue weighted by Crippen LogP contribution is -2.78. The number of carboxylic acid groups (broad SMARTS) is 1. The van der Waals surface area contributed by atoms with Crippen LogP contribution in [-0.2, 0) is 14.4 Å². The Balaban J connectivity index is 1.59. The van der Waals surface area contributed by atoms with Gasteiger partial charge in [0.2, 0.25) is 5.91 Å². The van der Waals surface area contributed by atoms with Gasteiger partial charge in [-0.3, -0.25) is 19.7 Å². The molecule has 2 heterocycles. The Kier molecular flexibility index (Phi) is 4.94. The first-order valence-electron chi connectivity index (χ1n) is 9.86. The highest BCUT2D eigenvalue weighted by molar-refractivity contribution is 8.01. The first-order valence-corrected chi connectivity index (χ1v) is 10.7. The Bertz CT molecular complexity index is 1180. The number of nitro groups is 1. The molecule has 2 aromatic carbocycles. The first-order chi connectivity index (χ1) is 14.9. The third kappa shape index (κ3) is 3.11. The Morgan fingerprint density at radius 3 is 2.59 bits per heavy atom. The number of benzene rings is 2. The molecule has 4 rings (SSSR count). The van der Waals surface area contributed by atoms with E-state index < -0.39 is 50.5 Å². The standard InChI is InChI=1S/C21H22N4O6S/c1-20(2)15(17(27)28)24-18(29)21(3,19(24)32-20)23-16(26)14(22)13-6-4-5-10-9-11(25(30)31)7-8-12(10)13/h4-9,14-15,19H,22H2,1-3H3,(H,23,26)(H,27,28)/t14?,15-,19+,21?/m0/s1. The van der Waals surface area contributed by atoms with Crippen LogP contribution in [0, 0.1) is 10.1 Å². The second kappa shape index (κ2) is 7.17. The monoisotopic (exact) mass is 458 g/mol. The molecule has 2 aliphatic heterocycles. The van der Waals surface area contributed by atoms with Gasteiger partial charge in [-0.05, 0) is 43.2 Å². The Morgan fingerprint density at radius 2 is 1.97 bits per heavy atom. The molecular weight excluding hydrogens is 436 g/mol. The minimum absolute atomic E-state index is 0.0748. The highest BCUT2D eigenvalue weighted by Gasteiger charge is 2.70. The van der Waals surface area contributed by atoms with Crippen molar-refractivity contribution < 1.29 is 24.4 Å². The molecule has 168 valence electrons. The van der Waals surface area contributed by atoms with Gasteiger partial charge in [0.05, 0.1) is 4.92 Å². The number of carboxylic acids is 1. The van der Waals surface area contributed by atoms with Crippen LogP contribution in [0.5, 0.6) is 0 Å². The molecule has 2 fully saturated rings. The average molecular weight is 458 g/mol. The van der Waals surface area contributed by atoms with Crippen LogP contribution in [0.4, 0.5) is 5.69 Å². The lowest BCUT2D eigenvalue weighted by Gasteiger charge is -2.51. The van der Waals surface area contributed by atoms with E-state index in [0.29, 0.717) is 16.3 Å². The van der Waals surface area contributed by atoms with Crippen LogP contribution in [0.25, 0.3) is 10.8 Å². The van der Waals surface area contributed by atoms with Crippen molar-refractivity contribution in [3.05, 3.63) is 52.1 Å². The summed E-state index contributed by atoms with van der Waals surface area (Å²) < 4.78 is -0.721. The van der Waals surface area contributed by atoms with E-state index in [9.17, 15) is 29.6 Å². The van der Waals surface area contributed by atoms with Gasteiger partial charge < -0.3 is 21.1 Å². The molecule has 2 aromatic rings. The molecule has 0 spiro atoms. The van der Waals surface area contributed by atoms with Gasteiger partial charge >= 0.3 is 5.97 Å². The first kappa shape index (κ1) is 22.0. The smallest absolute Gasteiger partial charge is 0.327 e. The number of aliphatic carboxylic acids is 1. The predicted molar refractivity (Wildman–Crippen MR) is 118 cm³/mol. The number of thioether (sulfide) groups is 1. The van der Waals surface area contributed by atoms with E-state index in [-0.39, 0.29) is 5.69 Å². The van der Waals surface area contributed by atoms with E-state index in [1.807, 2.05) is 0 Å². The molecule has 4 atom stereocenters. The fourth-order valence-electron chi connectivity index (χ4n) is 4.49. The van der Waals surface area contributed by atoms with Gasteiger partial charge in [0.1, 0.15) is 23.0 Å². The number of nitrogens with one attached hydrogen (secondary N) is 1. The van der Waals surface area contributed by atoms with E-state index in [1.54, 1.807) is 45.0 Å². The molecule has 0 saturated carbocycles. The van der Waals surface area contributed by atoms with Crippen LogP contribution in [0.3, 0.4) is 0 Å². The van der Waals surface area contributed by atoms with E-state index >= 15 is 0 Å². The number of fused-ring (bicyclic) bond motifs is 2. The van der Waals surface area contributed by atoms with Gasteiger partial charge in [-0.15, -0.1) is 11.8 Å². The zero-order valence-electron chi connectivity index (χ0n) is 17.6. The lowest BCUT2D eigenvalue weighted by molar-refractivity contribution is -0.384. The molecule has 11 heteroatoms. The third-order valence-electron chi connectivity index (χ3n) is 6.12. The fourth-order valence-corrected chi connectivity index (χ4v) is 6.14. The highest BCUT2D eigenvalue weighted by Crippen LogP contribution is 2.54. The Morgan fingerprint density at radius 1 is 1.28 bits per heavy atom. The molecule has 2 unspecified atom stereocenters. The number of hydrogen-bond donors (Lipinski definition) is 3. The van der Waals surface area contributed by atoms with Crippen molar-refractivity contribution in [1.29, 1.82) is 0 Å². The van der Waals surface area contributed by atoms with Crippen molar-refractivity contribution in [3.8, 4) is 0 Å². The number of β-lactam (4-membered cyclic amide) rings is 1. The number of nitrogens with zero attached hydrogens (tertiary/aromatic N) is 2. The van der Waals surface area contributed by atoms with E-state index in [4.69, 9.17) is 5.73 Å². The summed E-state index contributed by atoms with van der Waals surface area (Å²) in [6, 6.07) is 7.17. The average Bonchev–Trinajstić information content (AvgIpc) is 3.01. The maximum Gasteiger partial charge on any atom is 0.327 e. The zero-order valence-corrected chi connectivity index (χ0v) is 18.4. The zero-order chi connectivity index (χ0) is 23.6. The number of carbonyl (C=O) groups is 3. The van der Waals surface area contributed by atoms with E-state index in [0.717, 1.165) is 0 Å². The Labute approximate surface area is 187 Å². The van der Waals surface area contributed by atoms with Gasteiger partial charge in [-0.2, -0.15) is 0 Å². The number of rotatable bonds is 5. The largest absolute Gasteiger partial charge is 0.480 e.